The molecule has 0 aliphatic carbocycles. The number of fused-ring (bicyclic) bond motifs is 2. The van der Waals surface area contributed by atoms with Crippen LogP contribution in [0.15, 0.2) is 48.5 Å². The van der Waals surface area contributed by atoms with E-state index in [9.17, 15) is 9.59 Å². The SMILES string of the molecule is CC[C@H](C)COC(=O)c1c(N)n(-c2ccc(C(C)=O)cc2)c2nc3ccccc3nc12. The van der Waals surface area contributed by atoms with Crippen LogP contribution in [0.5, 0.6) is 0 Å². The van der Waals surface area contributed by atoms with Crippen LogP contribution in [0.25, 0.3) is 27.9 Å². The van der Waals surface area contributed by atoms with E-state index < -0.39 is 5.97 Å². The van der Waals surface area contributed by atoms with Gasteiger partial charge in [-0.2, -0.15) is 0 Å². The highest BCUT2D eigenvalue weighted by Crippen LogP contribution is 2.31. The number of rotatable bonds is 6. The first-order valence-electron chi connectivity index (χ1n) is 10.3. The molecule has 0 saturated carbocycles. The zero-order valence-corrected chi connectivity index (χ0v) is 17.8. The Morgan fingerprint density at radius 3 is 2.32 bits per heavy atom. The van der Waals surface area contributed by atoms with E-state index in [-0.39, 0.29) is 23.1 Å². The monoisotopic (exact) mass is 416 g/mol. The van der Waals surface area contributed by atoms with Crippen LogP contribution in [0.3, 0.4) is 0 Å². The van der Waals surface area contributed by atoms with Gasteiger partial charge in [0, 0.05) is 11.3 Å². The van der Waals surface area contributed by atoms with E-state index in [0.29, 0.717) is 40.1 Å². The zero-order chi connectivity index (χ0) is 22.1. The summed E-state index contributed by atoms with van der Waals surface area (Å²) in [6.45, 7) is 5.87. The number of nitrogens with zero attached hydrogens (tertiary/aromatic N) is 3. The summed E-state index contributed by atoms with van der Waals surface area (Å²) in [6.07, 6.45) is 0.900. The van der Waals surface area contributed by atoms with Gasteiger partial charge in [-0.15, -0.1) is 0 Å². The predicted octanol–water partition coefficient (Wildman–Crippen LogP) is 4.56. The molecule has 1 atom stereocenters. The maximum Gasteiger partial charge on any atom is 0.344 e. The van der Waals surface area contributed by atoms with Crippen LogP contribution in [0.2, 0.25) is 0 Å². The molecular formula is C24H24N4O3. The summed E-state index contributed by atoms with van der Waals surface area (Å²) in [7, 11) is 0. The number of para-hydroxylation sites is 2. The Bertz CT molecular complexity index is 1290. The summed E-state index contributed by atoms with van der Waals surface area (Å²) in [6, 6.07) is 14.4. The molecule has 0 amide bonds. The van der Waals surface area contributed by atoms with E-state index >= 15 is 0 Å². The Balaban J connectivity index is 1.92. The van der Waals surface area contributed by atoms with E-state index in [1.165, 1.54) is 6.92 Å². The molecule has 0 fully saturated rings. The molecule has 0 spiro atoms. The molecule has 2 heterocycles. The molecule has 0 radical (unpaired) electrons. The van der Waals surface area contributed by atoms with Gasteiger partial charge < -0.3 is 10.5 Å². The average molecular weight is 416 g/mol. The molecule has 158 valence electrons. The normalized spacial score (nSPS) is 12.2. The number of nitrogen functional groups attached to an aromatic ring is 1. The van der Waals surface area contributed by atoms with Crippen LogP contribution < -0.4 is 5.73 Å². The number of esters is 1. The molecule has 31 heavy (non-hydrogen) atoms. The number of aromatic nitrogens is 3. The van der Waals surface area contributed by atoms with Crippen LogP contribution in [-0.2, 0) is 4.74 Å². The minimum Gasteiger partial charge on any atom is -0.462 e. The molecule has 0 bridgehead atoms. The Hall–Kier alpha value is -3.74. The second-order valence-electron chi connectivity index (χ2n) is 7.70. The third kappa shape index (κ3) is 3.74. The summed E-state index contributed by atoms with van der Waals surface area (Å²) >= 11 is 0. The number of carbonyl (C=O) groups excluding carboxylic acids is 2. The predicted molar refractivity (Wildman–Crippen MR) is 121 cm³/mol. The Kier molecular flexibility index (Phi) is 5.42. The van der Waals surface area contributed by atoms with Crippen LogP contribution in [0.4, 0.5) is 5.82 Å². The number of nitrogens with two attached hydrogens (primary N) is 1. The minimum atomic E-state index is -0.522. The van der Waals surface area contributed by atoms with Gasteiger partial charge in [-0.25, -0.2) is 14.8 Å². The maximum atomic E-state index is 13.0. The van der Waals surface area contributed by atoms with Crippen LogP contribution in [0.1, 0.15) is 47.9 Å². The molecule has 2 N–H and O–H groups in total. The van der Waals surface area contributed by atoms with Crippen molar-refractivity contribution in [3.63, 3.8) is 0 Å². The van der Waals surface area contributed by atoms with E-state index in [1.807, 2.05) is 38.1 Å². The Morgan fingerprint density at radius 2 is 1.71 bits per heavy atom. The summed E-state index contributed by atoms with van der Waals surface area (Å²) in [5.74, 6) is -0.108. The lowest BCUT2D eigenvalue weighted by molar-refractivity contribution is 0.0450. The van der Waals surface area contributed by atoms with E-state index in [1.54, 1.807) is 28.8 Å². The topological polar surface area (TPSA) is 100 Å². The van der Waals surface area contributed by atoms with Crippen molar-refractivity contribution in [2.75, 3.05) is 12.3 Å². The van der Waals surface area contributed by atoms with Gasteiger partial charge in [0.15, 0.2) is 11.4 Å². The third-order valence-corrected chi connectivity index (χ3v) is 5.43. The largest absolute Gasteiger partial charge is 0.462 e. The van der Waals surface area contributed by atoms with Crippen LogP contribution >= 0.6 is 0 Å². The third-order valence-electron chi connectivity index (χ3n) is 5.43. The molecule has 0 aliphatic rings. The highest BCUT2D eigenvalue weighted by Gasteiger charge is 2.26. The first kappa shape index (κ1) is 20.5. The number of carbonyl (C=O) groups is 2. The fraction of sp³-hybridized carbons (Fsp3) is 0.250. The van der Waals surface area contributed by atoms with E-state index in [0.717, 1.165) is 6.42 Å². The van der Waals surface area contributed by atoms with Gasteiger partial charge in [0.05, 0.1) is 17.6 Å². The Labute approximate surface area is 179 Å². The summed E-state index contributed by atoms with van der Waals surface area (Å²) in [5.41, 5.74) is 10.1. The molecule has 7 heteroatoms. The molecule has 2 aromatic carbocycles. The standard InChI is InChI=1S/C24H24N4O3/c1-4-14(2)13-31-24(30)20-21-23(27-19-8-6-5-7-18(19)26-21)28(22(20)25)17-11-9-16(10-12-17)15(3)29/h5-12,14H,4,13,25H2,1-3H3/t14-/m0/s1. The fourth-order valence-electron chi connectivity index (χ4n) is 3.38. The van der Waals surface area contributed by atoms with Crippen molar-refractivity contribution in [2.24, 2.45) is 5.92 Å². The van der Waals surface area contributed by atoms with Gasteiger partial charge in [-0.1, -0.05) is 32.4 Å². The number of ketones is 1. The maximum absolute atomic E-state index is 13.0. The molecule has 0 unspecified atom stereocenters. The second kappa shape index (κ2) is 8.18. The number of Topliss-reactive ketones (excluding diaryl/α,β-unsaturated/α-hetero) is 1. The van der Waals surface area contributed by atoms with Crippen molar-refractivity contribution in [3.8, 4) is 5.69 Å². The Morgan fingerprint density at radius 1 is 1.06 bits per heavy atom. The number of ether oxygens (including phenoxy) is 1. The van der Waals surface area contributed by atoms with Gasteiger partial charge in [-0.05, 0) is 49.2 Å². The first-order valence-corrected chi connectivity index (χ1v) is 10.3. The van der Waals surface area contributed by atoms with Crippen molar-refractivity contribution in [1.82, 2.24) is 14.5 Å². The molecule has 0 aliphatic heterocycles. The van der Waals surface area contributed by atoms with Crippen molar-refractivity contribution < 1.29 is 14.3 Å². The summed E-state index contributed by atoms with van der Waals surface area (Å²) < 4.78 is 7.22. The molecule has 4 aromatic rings. The number of hydrogen-bond acceptors (Lipinski definition) is 6. The lowest BCUT2D eigenvalue weighted by Crippen LogP contribution is -2.13. The number of hydrogen-bond donors (Lipinski definition) is 1. The molecule has 2 aromatic heterocycles. The molecule has 4 rings (SSSR count). The quantitative estimate of drug-likeness (QED) is 0.365. The highest BCUT2D eigenvalue weighted by atomic mass is 16.5. The van der Waals surface area contributed by atoms with E-state index in [2.05, 4.69) is 4.98 Å². The molecule has 7 nitrogen and oxygen atoms in total. The van der Waals surface area contributed by atoms with Gasteiger partial charge >= 0.3 is 5.97 Å². The van der Waals surface area contributed by atoms with E-state index in [4.69, 9.17) is 15.5 Å². The lowest BCUT2D eigenvalue weighted by atomic mass is 10.1. The van der Waals surface area contributed by atoms with Crippen LogP contribution in [0, 0.1) is 5.92 Å². The fourth-order valence-corrected chi connectivity index (χ4v) is 3.38. The lowest BCUT2D eigenvalue weighted by Gasteiger charge is -2.10. The average Bonchev–Trinajstić information content (AvgIpc) is 3.06. The summed E-state index contributed by atoms with van der Waals surface area (Å²) in [4.78, 5) is 34.1. The van der Waals surface area contributed by atoms with Crippen molar-refractivity contribution in [3.05, 3.63) is 59.7 Å². The van der Waals surface area contributed by atoms with Crippen molar-refractivity contribution in [1.29, 1.82) is 0 Å². The van der Waals surface area contributed by atoms with Gasteiger partial charge in [0.2, 0.25) is 0 Å². The van der Waals surface area contributed by atoms with Crippen molar-refractivity contribution in [2.45, 2.75) is 27.2 Å². The minimum absolute atomic E-state index is 0.0306. The molecule has 0 saturated heterocycles. The molecular weight excluding hydrogens is 392 g/mol. The second-order valence-corrected chi connectivity index (χ2v) is 7.70. The summed E-state index contributed by atoms with van der Waals surface area (Å²) in [5, 5.41) is 0. The highest BCUT2D eigenvalue weighted by molar-refractivity contribution is 6.09. The van der Waals surface area contributed by atoms with Gasteiger partial charge in [0.1, 0.15) is 16.9 Å². The van der Waals surface area contributed by atoms with Gasteiger partial charge in [0.25, 0.3) is 0 Å². The number of benzene rings is 2. The smallest absolute Gasteiger partial charge is 0.344 e. The number of anilines is 1. The van der Waals surface area contributed by atoms with Crippen LogP contribution in [-0.4, -0.2) is 32.9 Å². The first-order chi connectivity index (χ1) is 14.9. The van der Waals surface area contributed by atoms with Gasteiger partial charge in [-0.3, -0.25) is 9.36 Å². The zero-order valence-electron chi connectivity index (χ0n) is 17.8. The van der Waals surface area contributed by atoms with Crippen molar-refractivity contribution >= 4 is 39.8 Å².